The van der Waals surface area contributed by atoms with E-state index >= 15 is 0 Å². The molecule has 0 atom stereocenters. The first-order valence-electron chi connectivity index (χ1n) is 10.5. The molecule has 0 spiro atoms. The minimum atomic E-state index is -0.375. The van der Waals surface area contributed by atoms with Gasteiger partial charge >= 0.3 is 5.97 Å². The molecule has 0 fully saturated rings. The summed E-state index contributed by atoms with van der Waals surface area (Å²) in [5.74, 6) is -0.718. The molecule has 1 N–H and O–H groups in total. The number of thiophene rings is 1. The Labute approximate surface area is 185 Å². The maximum Gasteiger partial charge on any atom is 0.341 e. The summed E-state index contributed by atoms with van der Waals surface area (Å²) in [6.07, 6.45) is 5.42. The van der Waals surface area contributed by atoms with Crippen molar-refractivity contribution >= 4 is 28.2 Å². The number of esters is 1. The van der Waals surface area contributed by atoms with Gasteiger partial charge in [0.15, 0.2) is 5.69 Å². The standard InChI is InChI=1S/C22H27N5O3S/c1-13(2)30-22(29)19-16-7-5-6-8-18(16)31-21(19)23-20(28)17-9-10-26(25-17)12-27-15(4)11-14(3)24-27/h9-11,13H,5-8,12H2,1-4H3,(H,23,28). The van der Waals surface area contributed by atoms with Crippen LogP contribution in [0.5, 0.6) is 0 Å². The number of nitrogens with one attached hydrogen (secondary N) is 1. The number of carbonyl (C=O) groups excluding carboxylic acids is 2. The van der Waals surface area contributed by atoms with E-state index < -0.39 is 0 Å². The van der Waals surface area contributed by atoms with E-state index in [1.165, 1.54) is 11.3 Å². The largest absolute Gasteiger partial charge is 0.459 e. The summed E-state index contributed by atoms with van der Waals surface area (Å²) >= 11 is 1.47. The van der Waals surface area contributed by atoms with Crippen LogP contribution in [0.3, 0.4) is 0 Å². The van der Waals surface area contributed by atoms with Crippen LogP contribution in [0.1, 0.15) is 69.4 Å². The number of anilines is 1. The molecule has 164 valence electrons. The lowest BCUT2D eigenvalue weighted by molar-refractivity contribution is 0.0378. The Morgan fingerprint density at radius 1 is 1.23 bits per heavy atom. The number of ether oxygens (including phenoxy) is 1. The van der Waals surface area contributed by atoms with Crippen molar-refractivity contribution in [1.29, 1.82) is 0 Å². The quantitative estimate of drug-likeness (QED) is 0.585. The Bertz CT molecular complexity index is 1120. The van der Waals surface area contributed by atoms with E-state index in [1.54, 1.807) is 16.9 Å². The summed E-state index contributed by atoms with van der Waals surface area (Å²) in [7, 11) is 0. The van der Waals surface area contributed by atoms with Crippen LogP contribution < -0.4 is 5.32 Å². The zero-order valence-corrected chi connectivity index (χ0v) is 19.1. The van der Waals surface area contributed by atoms with E-state index in [0.29, 0.717) is 17.2 Å². The molecular formula is C22H27N5O3S. The third-order valence-electron chi connectivity index (χ3n) is 5.20. The number of carbonyl (C=O) groups is 2. The molecule has 31 heavy (non-hydrogen) atoms. The summed E-state index contributed by atoms with van der Waals surface area (Å²) in [6.45, 7) is 7.99. The molecule has 3 aromatic rings. The van der Waals surface area contributed by atoms with E-state index in [-0.39, 0.29) is 23.7 Å². The van der Waals surface area contributed by atoms with Crippen molar-refractivity contribution in [3.05, 3.63) is 51.4 Å². The molecule has 4 rings (SSSR count). The molecule has 1 aliphatic rings. The van der Waals surface area contributed by atoms with Gasteiger partial charge < -0.3 is 10.1 Å². The first-order chi connectivity index (χ1) is 14.8. The zero-order valence-electron chi connectivity index (χ0n) is 18.3. The normalized spacial score (nSPS) is 13.3. The first-order valence-corrected chi connectivity index (χ1v) is 11.3. The summed E-state index contributed by atoms with van der Waals surface area (Å²) in [4.78, 5) is 26.8. The van der Waals surface area contributed by atoms with E-state index in [2.05, 4.69) is 15.5 Å². The van der Waals surface area contributed by atoms with Crippen molar-refractivity contribution in [3.63, 3.8) is 0 Å². The van der Waals surface area contributed by atoms with Crippen LogP contribution in [-0.2, 0) is 24.2 Å². The third-order valence-corrected chi connectivity index (χ3v) is 6.41. The van der Waals surface area contributed by atoms with Crippen molar-refractivity contribution in [2.24, 2.45) is 0 Å². The van der Waals surface area contributed by atoms with Crippen LogP contribution in [0.15, 0.2) is 18.3 Å². The Kier molecular flexibility index (Phi) is 5.95. The average Bonchev–Trinajstić information content (AvgIpc) is 3.38. The molecule has 1 aliphatic carbocycles. The zero-order chi connectivity index (χ0) is 22.1. The number of amides is 1. The summed E-state index contributed by atoms with van der Waals surface area (Å²) in [5, 5.41) is 12.3. The highest BCUT2D eigenvalue weighted by Gasteiger charge is 2.28. The molecule has 0 saturated carbocycles. The predicted molar refractivity (Wildman–Crippen MR) is 119 cm³/mol. The number of hydrogen-bond donors (Lipinski definition) is 1. The predicted octanol–water partition coefficient (Wildman–Crippen LogP) is 3.96. The fourth-order valence-corrected chi connectivity index (χ4v) is 5.10. The van der Waals surface area contributed by atoms with Gasteiger partial charge in [0.2, 0.25) is 0 Å². The minimum Gasteiger partial charge on any atom is -0.459 e. The van der Waals surface area contributed by atoms with Crippen LogP contribution in [0.4, 0.5) is 5.00 Å². The number of aryl methyl sites for hydroxylation is 3. The van der Waals surface area contributed by atoms with Gasteiger partial charge in [0.1, 0.15) is 11.7 Å². The van der Waals surface area contributed by atoms with Crippen LogP contribution >= 0.6 is 11.3 Å². The van der Waals surface area contributed by atoms with Gasteiger partial charge in [0, 0.05) is 16.8 Å². The number of fused-ring (bicyclic) bond motifs is 1. The molecule has 0 saturated heterocycles. The molecule has 0 aliphatic heterocycles. The van der Waals surface area contributed by atoms with E-state index in [0.717, 1.165) is 47.5 Å². The van der Waals surface area contributed by atoms with Gasteiger partial charge in [-0.15, -0.1) is 11.3 Å². The Balaban J connectivity index is 1.55. The lowest BCUT2D eigenvalue weighted by atomic mass is 9.95. The van der Waals surface area contributed by atoms with Crippen LogP contribution in [0, 0.1) is 13.8 Å². The molecule has 0 unspecified atom stereocenters. The van der Waals surface area contributed by atoms with E-state index in [1.807, 2.05) is 38.4 Å². The second-order valence-electron chi connectivity index (χ2n) is 8.13. The molecule has 1 amide bonds. The van der Waals surface area contributed by atoms with Gasteiger partial charge in [-0.05, 0) is 71.1 Å². The van der Waals surface area contributed by atoms with Crippen molar-refractivity contribution in [3.8, 4) is 0 Å². The van der Waals surface area contributed by atoms with Crippen LogP contribution in [-0.4, -0.2) is 37.5 Å². The maximum atomic E-state index is 12.9. The second kappa shape index (κ2) is 8.66. The molecule has 8 nitrogen and oxygen atoms in total. The van der Waals surface area contributed by atoms with Gasteiger partial charge in [-0.3, -0.25) is 9.48 Å². The smallest absolute Gasteiger partial charge is 0.341 e. The number of hydrogen-bond acceptors (Lipinski definition) is 6. The topological polar surface area (TPSA) is 91.0 Å². The maximum absolute atomic E-state index is 12.9. The van der Waals surface area contributed by atoms with Gasteiger partial charge in [-0.2, -0.15) is 10.2 Å². The molecule has 0 bridgehead atoms. The number of aromatic nitrogens is 4. The summed E-state index contributed by atoms with van der Waals surface area (Å²) in [6, 6.07) is 3.66. The van der Waals surface area contributed by atoms with Gasteiger partial charge in [0.05, 0.1) is 17.4 Å². The molecule has 9 heteroatoms. The van der Waals surface area contributed by atoms with Crippen molar-refractivity contribution in [2.45, 2.75) is 66.2 Å². The van der Waals surface area contributed by atoms with Gasteiger partial charge in [0.25, 0.3) is 5.91 Å². The molecule has 3 aromatic heterocycles. The average molecular weight is 442 g/mol. The summed E-state index contributed by atoms with van der Waals surface area (Å²) < 4.78 is 8.96. The van der Waals surface area contributed by atoms with Crippen LogP contribution in [0.2, 0.25) is 0 Å². The van der Waals surface area contributed by atoms with Gasteiger partial charge in [-0.25, -0.2) is 9.48 Å². The number of nitrogens with zero attached hydrogens (tertiary/aromatic N) is 4. The van der Waals surface area contributed by atoms with Gasteiger partial charge in [-0.1, -0.05) is 0 Å². The SMILES string of the molecule is Cc1cc(C)n(Cn2ccc(C(=O)Nc3sc4c(c3C(=O)OC(C)C)CCCC4)n2)n1. The van der Waals surface area contributed by atoms with Crippen molar-refractivity contribution in [1.82, 2.24) is 19.6 Å². The minimum absolute atomic E-state index is 0.222. The Morgan fingerprint density at radius 2 is 2.00 bits per heavy atom. The highest BCUT2D eigenvalue weighted by Crippen LogP contribution is 2.39. The fourth-order valence-electron chi connectivity index (χ4n) is 3.83. The van der Waals surface area contributed by atoms with E-state index in [9.17, 15) is 9.59 Å². The van der Waals surface area contributed by atoms with E-state index in [4.69, 9.17) is 4.74 Å². The van der Waals surface area contributed by atoms with Crippen molar-refractivity contribution in [2.75, 3.05) is 5.32 Å². The highest BCUT2D eigenvalue weighted by atomic mass is 32.1. The Hall–Kier alpha value is -2.94. The second-order valence-corrected chi connectivity index (χ2v) is 9.24. The Morgan fingerprint density at radius 3 is 2.71 bits per heavy atom. The molecule has 0 radical (unpaired) electrons. The monoisotopic (exact) mass is 441 g/mol. The lowest BCUT2D eigenvalue weighted by Gasteiger charge is -2.14. The lowest BCUT2D eigenvalue weighted by Crippen LogP contribution is -2.18. The van der Waals surface area contributed by atoms with Crippen LogP contribution in [0.25, 0.3) is 0 Å². The molecule has 0 aromatic carbocycles. The summed E-state index contributed by atoms with van der Waals surface area (Å²) in [5.41, 5.74) is 3.77. The third kappa shape index (κ3) is 4.56. The fraction of sp³-hybridized carbons (Fsp3) is 0.455. The highest BCUT2D eigenvalue weighted by molar-refractivity contribution is 7.17. The van der Waals surface area contributed by atoms with Crippen molar-refractivity contribution < 1.29 is 14.3 Å². The molecular weight excluding hydrogens is 414 g/mol. The molecule has 3 heterocycles. The first kappa shape index (κ1) is 21.3. The number of rotatable bonds is 6.